The van der Waals surface area contributed by atoms with Crippen LogP contribution in [0.25, 0.3) is 0 Å². The second kappa shape index (κ2) is 7.98. The van der Waals surface area contributed by atoms with Crippen LogP contribution in [0.1, 0.15) is 31.2 Å². The number of nitrogens with one attached hydrogen (secondary N) is 1. The summed E-state index contributed by atoms with van der Waals surface area (Å²) in [6.07, 6.45) is 6.39. The Bertz CT molecular complexity index is 702. The van der Waals surface area contributed by atoms with Crippen molar-refractivity contribution in [1.29, 1.82) is 0 Å². The number of halogens is 2. The van der Waals surface area contributed by atoms with Gasteiger partial charge in [-0.3, -0.25) is 4.79 Å². The normalized spacial score (nSPS) is 23.4. The largest absolute Gasteiger partial charge is 1.00 e. The minimum atomic E-state index is -1.28. The van der Waals surface area contributed by atoms with Gasteiger partial charge in [0.05, 0.1) is 5.92 Å². The maximum atomic E-state index is 14.0. The Hall–Kier alpha value is -1.24. The standard InChI is InChI=1S/C18H19F2NO3.Na/c19-12-4-3-11(15(20)9-12)10-18(7-1-2-8-18)21-16(22)13-5-6-14(13)17(23)24;/h3-6,9,13-14H,1-2,7-8,10H2,(H,21,22)(H,23,24);/q;+1/p-1/t13-,14+;/m0./s1. The molecule has 1 aromatic rings. The van der Waals surface area contributed by atoms with Crippen molar-refractivity contribution in [2.45, 2.75) is 37.6 Å². The van der Waals surface area contributed by atoms with Crippen LogP contribution in [-0.2, 0) is 16.0 Å². The molecule has 0 aromatic heterocycles. The molecule has 0 unspecified atom stereocenters. The molecular weight excluding hydrogens is 339 g/mol. The van der Waals surface area contributed by atoms with Crippen LogP contribution in [0.4, 0.5) is 8.78 Å². The summed E-state index contributed by atoms with van der Waals surface area (Å²) in [6, 6.07) is 3.43. The number of carboxylic acid groups (broad SMARTS) is 1. The fraction of sp³-hybridized carbons (Fsp3) is 0.444. The fourth-order valence-corrected chi connectivity index (χ4v) is 3.58. The van der Waals surface area contributed by atoms with Crippen molar-refractivity contribution < 1.29 is 53.0 Å². The Morgan fingerprint density at radius 1 is 1.16 bits per heavy atom. The van der Waals surface area contributed by atoms with Gasteiger partial charge >= 0.3 is 29.6 Å². The van der Waals surface area contributed by atoms with Crippen molar-refractivity contribution in [1.82, 2.24) is 5.32 Å². The monoisotopic (exact) mass is 357 g/mol. The number of carboxylic acids is 1. The molecule has 2 aliphatic rings. The molecule has 2 aliphatic carbocycles. The molecule has 0 spiro atoms. The summed E-state index contributed by atoms with van der Waals surface area (Å²) < 4.78 is 27.0. The Balaban J connectivity index is 0.00000225. The van der Waals surface area contributed by atoms with Gasteiger partial charge in [0, 0.05) is 23.5 Å². The van der Waals surface area contributed by atoms with Gasteiger partial charge in [-0.25, -0.2) is 8.78 Å². The molecule has 1 N–H and O–H groups in total. The Morgan fingerprint density at radius 2 is 1.80 bits per heavy atom. The van der Waals surface area contributed by atoms with E-state index >= 15 is 0 Å². The third kappa shape index (κ3) is 4.30. The molecule has 0 radical (unpaired) electrons. The van der Waals surface area contributed by atoms with Crippen molar-refractivity contribution in [3.8, 4) is 0 Å². The van der Waals surface area contributed by atoms with E-state index in [1.54, 1.807) is 0 Å². The van der Waals surface area contributed by atoms with Crippen LogP contribution >= 0.6 is 0 Å². The zero-order valence-electron chi connectivity index (χ0n) is 14.1. The quantitative estimate of drug-likeness (QED) is 0.515. The van der Waals surface area contributed by atoms with Gasteiger partial charge in [-0.2, -0.15) is 0 Å². The van der Waals surface area contributed by atoms with Crippen LogP contribution in [0.2, 0.25) is 0 Å². The van der Waals surface area contributed by atoms with Gasteiger partial charge in [0.2, 0.25) is 5.91 Å². The van der Waals surface area contributed by atoms with Gasteiger partial charge in [0.15, 0.2) is 0 Å². The zero-order valence-corrected chi connectivity index (χ0v) is 16.1. The van der Waals surface area contributed by atoms with Gasteiger partial charge in [-0.1, -0.05) is 31.1 Å². The Kier molecular flexibility index (Phi) is 6.40. The van der Waals surface area contributed by atoms with Gasteiger partial charge < -0.3 is 15.2 Å². The van der Waals surface area contributed by atoms with Crippen LogP contribution in [0.15, 0.2) is 30.4 Å². The van der Waals surface area contributed by atoms with E-state index in [-0.39, 0.29) is 41.9 Å². The molecule has 3 rings (SSSR count). The molecule has 1 amide bonds. The maximum Gasteiger partial charge on any atom is 1.00 e. The van der Waals surface area contributed by atoms with Crippen molar-refractivity contribution in [2.24, 2.45) is 11.8 Å². The molecule has 25 heavy (non-hydrogen) atoms. The molecule has 2 atom stereocenters. The van der Waals surface area contributed by atoms with E-state index in [0.29, 0.717) is 18.4 Å². The minimum Gasteiger partial charge on any atom is -0.549 e. The predicted octanol–water partition coefficient (Wildman–Crippen LogP) is -1.51. The van der Waals surface area contributed by atoms with Crippen LogP contribution < -0.4 is 40.0 Å². The van der Waals surface area contributed by atoms with Gasteiger partial charge in [0.1, 0.15) is 11.6 Å². The molecule has 0 bridgehead atoms. The molecule has 1 fully saturated rings. The first-order chi connectivity index (χ1) is 11.4. The van der Waals surface area contributed by atoms with Crippen molar-refractivity contribution in [3.63, 3.8) is 0 Å². The SMILES string of the molecule is O=C(NC1(Cc2ccc(F)cc2F)CCCC1)[C@H]1C=C[C@H]1C(=O)[O-].[Na+]. The van der Waals surface area contributed by atoms with Crippen LogP contribution in [-0.4, -0.2) is 17.4 Å². The molecule has 0 aliphatic heterocycles. The second-order valence-electron chi connectivity index (χ2n) is 6.64. The number of carbonyl (C=O) groups excluding carboxylic acids is 2. The summed E-state index contributed by atoms with van der Waals surface area (Å²) in [6.45, 7) is 0. The number of hydrogen-bond acceptors (Lipinski definition) is 3. The van der Waals surface area contributed by atoms with E-state index in [2.05, 4.69) is 5.32 Å². The van der Waals surface area contributed by atoms with Crippen molar-refractivity contribution in [2.75, 3.05) is 0 Å². The van der Waals surface area contributed by atoms with Gasteiger partial charge in [-0.15, -0.1) is 0 Å². The fourth-order valence-electron chi connectivity index (χ4n) is 3.58. The van der Waals surface area contributed by atoms with E-state index < -0.39 is 35.0 Å². The summed E-state index contributed by atoms with van der Waals surface area (Å²) in [5.74, 6) is -4.58. The smallest absolute Gasteiger partial charge is 0.549 e. The number of carbonyl (C=O) groups is 2. The van der Waals surface area contributed by atoms with Crippen LogP contribution in [0.3, 0.4) is 0 Å². The molecule has 0 saturated heterocycles. The first kappa shape index (κ1) is 20.1. The first-order valence-electron chi connectivity index (χ1n) is 8.05. The van der Waals surface area contributed by atoms with Crippen LogP contribution in [0.5, 0.6) is 0 Å². The first-order valence-corrected chi connectivity index (χ1v) is 8.05. The molecule has 0 heterocycles. The van der Waals surface area contributed by atoms with Gasteiger partial charge in [0.25, 0.3) is 0 Å². The van der Waals surface area contributed by atoms with E-state index in [0.717, 1.165) is 18.9 Å². The molecule has 1 saturated carbocycles. The summed E-state index contributed by atoms with van der Waals surface area (Å²) in [5, 5.41) is 13.9. The summed E-state index contributed by atoms with van der Waals surface area (Å²) >= 11 is 0. The minimum absolute atomic E-state index is 0. The third-order valence-corrected chi connectivity index (χ3v) is 4.98. The van der Waals surface area contributed by atoms with Crippen molar-refractivity contribution in [3.05, 3.63) is 47.5 Å². The number of amides is 1. The second-order valence-corrected chi connectivity index (χ2v) is 6.64. The Morgan fingerprint density at radius 3 is 2.32 bits per heavy atom. The van der Waals surface area contributed by atoms with E-state index in [4.69, 9.17) is 0 Å². The van der Waals surface area contributed by atoms with E-state index in [1.807, 2.05) is 0 Å². The summed E-state index contributed by atoms with van der Waals surface area (Å²) in [7, 11) is 0. The topological polar surface area (TPSA) is 69.2 Å². The molecule has 4 nitrogen and oxygen atoms in total. The average molecular weight is 357 g/mol. The van der Waals surface area contributed by atoms with Crippen LogP contribution in [0, 0.1) is 23.5 Å². The van der Waals surface area contributed by atoms with Crippen molar-refractivity contribution >= 4 is 11.9 Å². The molecule has 1 aromatic carbocycles. The average Bonchev–Trinajstić information content (AvgIpc) is 2.88. The van der Waals surface area contributed by atoms with E-state index in [1.165, 1.54) is 24.3 Å². The number of benzene rings is 1. The number of aliphatic carboxylic acids is 1. The third-order valence-electron chi connectivity index (χ3n) is 4.98. The summed E-state index contributed by atoms with van der Waals surface area (Å²) in [5.41, 5.74) is -0.269. The van der Waals surface area contributed by atoms with Gasteiger partial charge in [-0.05, 0) is 30.9 Å². The Labute approximate surface area is 167 Å². The zero-order chi connectivity index (χ0) is 17.3. The number of rotatable bonds is 5. The molecular formula is C18H18F2NNaO3. The maximum absolute atomic E-state index is 14.0. The summed E-state index contributed by atoms with van der Waals surface area (Å²) in [4.78, 5) is 23.4. The predicted molar refractivity (Wildman–Crippen MR) is 80.5 cm³/mol. The molecule has 7 heteroatoms. The molecule has 128 valence electrons. The van der Waals surface area contributed by atoms with E-state index in [9.17, 15) is 23.5 Å². The number of hydrogen-bond donors (Lipinski definition) is 1.